The van der Waals surface area contributed by atoms with Crippen LogP contribution in [0.25, 0.3) is 0 Å². The lowest BCUT2D eigenvalue weighted by atomic mass is 9.93. The topological polar surface area (TPSA) is 63.3 Å². The molecule has 0 heterocycles. The van der Waals surface area contributed by atoms with Crippen LogP contribution in [0.15, 0.2) is 29.2 Å². The summed E-state index contributed by atoms with van der Waals surface area (Å²) in [6.45, 7) is 1.45. The van der Waals surface area contributed by atoms with E-state index >= 15 is 0 Å². The summed E-state index contributed by atoms with van der Waals surface area (Å²) in [5.74, 6) is -1.06. The highest BCUT2D eigenvalue weighted by molar-refractivity contribution is 7.80. The maximum atomic E-state index is 10.8. The van der Waals surface area contributed by atoms with E-state index in [0.717, 1.165) is 0 Å². The highest BCUT2D eigenvalue weighted by atomic mass is 32.1. The SMILES string of the molecule is C[C@](N)(C(=O)O)c1ccccc1S. The molecule has 0 amide bonds. The van der Waals surface area contributed by atoms with Crippen molar-refractivity contribution in [3.05, 3.63) is 29.8 Å². The predicted molar refractivity (Wildman–Crippen MR) is 52.9 cm³/mol. The van der Waals surface area contributed by atoms with Gasteiger partial charge in [0.2, 0.25) is 0 Å². The summed E-state index contributed by atoms with van der Waals surface area (Å²) in [5, 5.41) is 8.86. The van der Waals surface area contributed by atoms with Gasteiger partial charge in [0.25, 0.3) is 0 Å². The van der Waals surface area contributed by atoms with Crippen molar-refractivity contribution in [2.75, 3.05) is 0 Å². The smallest absolute Gasteiger partial charge is 0.328 e. The third-order valence-electron chi connectivity index (χ3n) is 1.91. The van der Waals surface area contributed by atoms with Crippen LogP contribution in [-0.4, -0.2) is 11.1 Å². The molecule has 0 unspecified atom stereocenters. The van der Waals surface area contributed by atoms with Crippen LogP contribution in [-0.2, 0) is 10.3 Å². The number of carbonyl (C=O) groups is 1. The minimum absolute atomic E-state index is 0.519. The Morgan fingerprint density at radius 3 is 2.54 bits per heavy atom. The Kier molecular flexibility index (Phi) is 2.63. The quantitative estimate of drug-likeness (QED) is 0.625. The van der Waals surface area contributed by atoms with E-state index in [4.69, 9.17) is 10.8 Å². The van der Waals surface area contributed by atoms with Crippen LogP contribution in [0, 0.1) is 0 Å². The van der Waals surface area contributed by atoms with Gasteiger partial charge in [0.05, 0.1) is 0 Å². The van der Waals surface area contributed by atoms with Crippen LogP contribution in [0.4, 0.5) is 0 Å². The third kappa shape index (κ3) is 1.84. The highest BCUT2D eigenvalue weighted by Gasteiger charge is 2.31. The first-order valence-corrected chi connectivity index (χ1v) is 4.21. The second-order valence-corrected chi connectivity index (χ2v) is 3.51. The van der Waals surface area contributed by atoms with Gasteiger partial charge < -0.3 is 10.8 Å². The molecule has 1 aromatic carbocycles. The molecule has 0 spiro atoms. The van der Waals surface area contributed by atoms with Crippen molar-refractivity contribution in [3.63, 3.8) is 0 Å². The van der Waals surface area contributed by atoms with Crippen LogP contribution in [0.1, 0.15) is 12.5 Å². The largest absolute Gasteiger partial charge is 0.480 e. The molecule has 1 aromatic rings. The number of benzene rings is 1. The summed E-state index contributed by atoms with van der Waals surface area (Å²) in [5.41, 5.74) is 4.78. The van der Waals surface area contributed by atoms with E-state index < -0.39 is 11.5 Å². The summed E-state index contributed by atoms with van der Waals surface area (Å²) in [4.78, 5) is 11.4. The summed E-state index contributed by atoms with van der Waals surface area (Å²) < 4.78 is 0. The van der Waals surface area contributed by atoms with Gasteiger partial charge in [-0.25, -0.2) is 4.79 Å². The first kappa shape index (κ1) is 10.1. The Morgan fingerprint density at radius 1 is 1.54 bits per heavy atom. The van der Waals surface area contributed by atoms with Gasteiger partial charge in [-0.15, -0.1) is 12.6 Å². The molecule has 0 saturated heterocycles. The lowest BCUT2D eigenvalue weighted by Gasteiger charge is -2.21. The molecule has 3 nitrogen and oxygen atoms in total. The van der Waals surface area contributed by atoms with Crippen molar-refractivity contribution >= 4 is 18.6 Å². The number of aliphatic carboxylic acids is 1. The van der Waals surface area contributed by atoms with Gasteiger partial charge in [0.15, 0.2) is 0 Å². The van der Waals surface area contributed by atoms with Crippen molar-refractivity contribution in [3.8, 4) is 0 Å². The van der Waals surface area contributed by atoms with Gasteiger partial charge in [0, 0.05) is 4.90 Å². The number of carboxylic acid groups (broad SMARTS) is 1. The van der Waals surface area contributed by atoms with Crippen LogP contribution in [0.5, 0.6) is 0 Å². The molecule has 1 atom stereocenters. The Bertz CT molecular complexity index is 336. The van der Waals surface area contributed by atoms with Gasteiger partial charge in [-0.2, -0.15) is 0 Å². The number of hydrogen-bond acceptors (Lipinski definition) is 3. The average Bonchev–Trinajstić information content (AvgIpc) is 2.04. The fourth-order valence-corrected chi connectivity index (χ4v) is 1.42. The van der Waals surface area contributed by atoms with Gasteiger partial charge in [-0.3, -0.25) is 0 Å². The summed E-state index contributed by atoms with van der Waals surface area (Å²) in [7, 11) is 0. The Balaban J connectivity index is 3.22. The van der Waals surface area contributed by atoms with Crippen molar-refractivity contribution in [2.24, 2.45) is 5.73 Å². The van der Waals surface area contributed by atoms with E-state index in [0.29, 0.717) is 10.5 Å². The Morgan fingerprint density at radius 2 is 2.08 bits per heavy atom. The normalized spacial score (nSPS) is 15.0. The van der Waals surface area contributed by atoms with Crippen molar-refractivity contribution in [1.29, 1.82) is 0 Å². The third-order valence-corrected chi connectivity index (χ3v) is 2.30. The molecule has 0 radical (unpaired) electrons. The molecule has 0 saturated carbocycles. The summed E-state index contributed by atoms with van der Waals surface area (Å²) in [6, 6.07) is 6.90. The molecule has 0 aliphatic heterocycles. The molecule has 0 bridgehead atoms. The fourth-order valence-electron chi connectivity index (χ4n) is 1.03. The zero-order chi connectivity index (χ0) is 10.1. The molecule has 3 N–H and O–H groups in total. The van der Waals surface area contributed by atoms with E-state index in [9.17, 15) is 4.79 Å². The maximum absolute atomic E-state index is 10.8. The minimum Gasteiger partial charge on any atom is -0.480 e. The Labute approximate surface area is 82.0 Å². The van der Waals surface area contributed by atoms with E-state index in [-0.39, 0.29) is 0 Å². The van der Waals surface area contributed by atoms with Gasteiger partial charge >= 0.3 is 5.97 Å². The highest BCUT2D eigenvalue weighted by Crippen LogP contribution is 2.24. The second-order valence-electron chi connectivity index (χ2n) is 3.02. The molecular formula is C9H11NO2S. The molecule has 0 aliphatic rings. The first-order chi connectivity index (χ1) is 5.96. The van der Waals surface area contributed by atoms with E-state index in [1.807, 2.05) is 0 Å². The zero-order valence-electron chi connectivity index (χ0n) is 7.19. The summed E-state index contributed by atoms with van der Waals surface area (Å²) in [6.07, 6.45) is 0. The predicted octanol–water partition coefficient (Wildman–Crippen LogP) is 1.23. The molecule has 0 aromatic heterocycles. The van der Waals surface area contributed by atoms with Crippen molar-refractivity contribution < 1.29 is 9.90 Å². The number of nitrogens with two attached hydrogens (primary N) is 1. The average molecular weight is 197 g/mol. The zero-order valence-corrected chi connectivity index (χ0v) is 8.08. The van der Waals surface area contributed by atoms with Crippen LogP contribution in [0.2, 0.25) is 0 Å². The molecule has 0 fully saturated rings. The molecule has 4 heteroatoms. The Hall–Kier alpha value is -1.00. The van der Waals surface area contributed by atoms with Crippen molar-refractivity contribution in [2.45, 2.75) is 17.4 Å². The van der Waals surface area contributed by atoms with Gasteiger partial charge in [-0.05, 0) is 18.6 Å². The van der Waals surface area contributed by atoms with Crippen molar-refractivity contribution in [1.82, 2.24) is 0 Å². The van der Waals surface area contributed by atoms with E-state index in [1.54, 1.807) is 24.3 Å². The van der Waals surface area contributed by atoms with Gasteiger partial charge in [-0.1, -0.05) is 18.2 Å². The van der Waals surface area contributed by atoms with E-state index in [2.05, 4.69) is 12.6 Å². The number of thiol groups is 1. The number of carboxylic acids is 1. The lowest BCUT2D eigenvalue weighted by Crippen LogP contribution is -2.41. The van der Waals surface area contributed by atoms with Crippen LogP contribution in [0.3, 0.4) is 0 Å². The van der Waals surface area contributed by atoms with Gasteiger partial charge in [0.1, 0.15) is 5.54 Å². The van der Waals surface area contributed by atoms with Crippen LogP contribution >= 0.6 is 12.6 Å². The fraction of sp³-hybridized carbons (Fsp3) is 0.222. The number of rotatable bonds is 2. The first-order valence-electron chi connectivity index (χ1n) is 3.77. The molecule has 0 aliphatic carbocycles. The molecular weight excluding hydrogens is 186 g/mol. The molecule has 13 heavy (non-hydrogen) atoms. The standard InChI is InChI=1S/C9H11NO2S/c1-9(10,8(11)12)6-4-2-3-5-7(6)13/h2-5,13H,10H2,1H3,(H,11,12)/t9-/m1/s1. The monoisotopic (exact) mass is 197 g/mol. The second kappa shape index (κ2) is 3.40. The maximum Gasteiger partial charge on any atom is 0.328 e. The number of hydrogen-bond donors (Lipinski definition) is 3. The minimum atomic E-state index is -1.38. The molecule has 70 valence electrons. The lowest BCUT2D eigenvalue weighted by molar-refractivity contribution is -0.143. The molecule has 1 rings (SSSR count). The summed E-state index contributed by atoms with van der Waals surface area (Å²) >= 11 is 4.14. The van der Waals surface area contributed by atoms with E-state index in [1.165, 1.54) is 6.92 Å². The van der Waals surface area contributed by atoms with Crippen LogP contribution < -0.4 is 5.73 Å².